The molecule has 30 heavy (non-hydrogen) atoms. The molecule has 1 aromatic carbocycles. The van der Waals surface area contributed by atoms with E-state index in [-0.39, 0.29) is 24.9 Å². The molecule has 0 heterocycles. The van der Waals surface area contributed by atoms with E-state index in [1.54, 1.807) is 14.1 Å². The lowest BCUT2D eigenvalue weighted by Crippen LogP contribution is -2.71. The fourth-order valence-corrected chi connectivity index (χ4v) is 4.27. The molecule has 0 aromatic heterocycles. The minimum atomic E-state index is -1.44. The van der Waals surface area contributed by atoms with Gasteiger partial charge >= 0.3 is 6.09 Å². The lowest BCUT2D eigenvalue weighted by molar-refractivity contribution is -0.253. The summed E-state index contributed by atoms with van der Waals surface area (Å²) in [7, 11) is 3.35. The van der Waals surface area contributed by atoms with Gasteiger partial charge in [0.25, 0.3) is 0 Å². The van der Waals surface area contributed by atoms with Gasteiger partial charge in [-0.1, -0.05) is 51.1 Å². The van der Waals surface area contributed by atoms with E-state index in [9.17, 15) is 19.5 Å². The number of nitrogens with one attached hydrogen (secondary N) is 2. The maximum absolute atomic E-state index is 12.7. The normalized spacial score (nSPS) is 23.9. The first kappa shape index (κ1) is 23.5. The second-order valence-electron chi connectivity index (χ2n) is 9.10. The Hall–Kier alpha value is -2.77. The van der Waals surface area contributed by atoms with Gasteiger partial charge in [0.1, 0.15) is 12.7 Å². The summed E-state index contributed by atoms with van der Waals surface area (Å²) in [4.78, 5) is 38.1. The fourth-order valence-electron chi connectivity index (χ4n) is 4.27. The van der Waals surface area contributed by atoms with E-state index in [4.69, 9.17) is 4.74 Å². The quantitative estimate of drug-likeness (QED) is 0.759. The van der Waals surface area contributed by atoms with E-state index >= 15 is 0 Å². The van der Waals surface area contributed by atoms with Crippen LogP contribution >= 0.6 is 0 Å². The maximum Gasteiger partial charge on any atom is 0.407 e. The van der Waals surface area contributed by atoms with Gasteiger partial charge in [0.2, 0.25) is 5.91 Å². The molecule has 1 fully saturated rings. The Bertz CT molecular complexity index is 760. The molecule has 3 atom stereocenters. The third kappa shape index (κ3) is 5.43. The van der Waals surface area contributed by atoms with Crippen molar-refractivity contribution >= 4 is 18.1 Å². The van der Waals surface area contributed by atoms with Crippen molar-refractivity contribution in [1.29, 1.82) is 0 Å². The fraction of sp³-hybridized carbons (Fsp3) is 0.591. The largest absolute Gasteiger partial charge is 0.530 e. The minimum Gasteiger partial charge on any atom is -0.530 e. The van der Waals surface area contributed by atoms with Crippen molar-refractivity contribution in [3.05, 3.63) is 35.9 Å². The van der Waals surface area contributed by atoms with Gasteiger partial charge in [0.15, 0.2) is 0 Å². The minimum absolute atomic E-state index is 0.0608. The number of amides is 3. The van der Waals surface area contributed by atoms with E-state index in [1.807, 2.05) is 51.1 Å². The number of benzene rings is 1. The number of hydrogen-bond donors (Lipinski definition) is 2. The predicted octanol–water partition coefficient (Wildman–Crippen LogP) is 1.89. The summed E-state index contributed by atoms with van der Waals surface area (Å²) in [5, 5.41) is 16.8. The summed E-state index contributed by atoms with van der Waals surface area (Å²) >= 11 is 0. The molecular formula is C22H32N3O5-. The lowest BCUT2D eigenvalue weighted by atomic mass is 9.60. The molecule has 2 rings (SSSR count). The van der Waals surface area contributed by atoms with Crippen LogP contribution < -0.4 is 15.7 Å². The van der Waals surface area contributed by atoms with Gasteiger partial charge in [0, 0.05) is 20.0 Å². The zero-order chi connectivity index (χ0) is 22.5. The Morgan fingerprint density at radius 2 is 1.83 bits per heavy atom. The first-order chi connectivity index (χ1) is 14.0. The second-order valence-corrected chi connectivity index (χ2v) is 9.10. The highest BCUT2D eigenvalue weighted by Crippen LogP contribution is 2.44. The molecule has 1 aliphatic carbocycles. The van der Waals surface area contributed by atoms with E-state index in [2.05, 4.69) is 10.6 Å². The number of nitrogens with zero attached hydrogens (tertiary/aromatic N) is 1. The molecule has 1 aliphatic rings. The molecule has 1 saturated carbocycles. The number of carbonyl (C=O) groups is 3. The number of ether oxygens (including phenoxy) is 1. The van der Waals surface area contributed by atoms with Gasteiger partial charge in [-0.25, -0.2) is 4.79 Å². The summed E-state index contributed by atoms with van der Waals surface area (Å²) in [6.07, 6.45) is -0.853. The van der Waals surface area contributed by atoms with Crippen LogP contribution in [-0.4, -0.2) is 48.7 Å². The summed E-state index contributed by atoms with van der Waals surface area (Å²) in [5.41, 5.74) is -0.607. The van der Waals surface area contributed by atoms with E-state index in [0.717, 1.165) is 5.56 Å². The van der Waals surface area contributed by atoms with Crippen LogP contribution in [0.4, 0.5) is 9.59 Å². The zero-order valence-electron chi connectivity index (χ0n) is 18.4. The lowest BCUT2D eigenvalue weighted by Gasteiger charge is -2.54. The Morgan fingerprint density at radius 3 is 2.37 bits per heavy atom. The molecule has 2 N–H and O–H groups in total. The number of rotatable bonds is 5. The monoisotopic (exact) mass is 418 g/mol. The van der Waals surface area contributed by atoms with Gasteiger partial charge in [-0.05, 0) is 30.2 Å². The van der Waals surface area contributed by atoms with Crippen molar-refractivity contribution in [3.8, 4) is 0 Å². The van der Waals surface area contributed by atoms with Crippen molar-refractivity contribution in [2.75, 3.05) is 14.1 Å². The molecule has 0 radical (unpaired) electrons. The standard InChI is InChI=1S/C22H33N3O5/c1-21(2,3)22(24-20(29)30-14-15-9-7-6-8-10-15)12-11-16(18(26)25(4)5)13-17(22)23-19(27)28/h6-10,16-17,23H,11-14H2,1-5H3,(H,24,29)(H,27,28)/p-1/t16-,17+,22+/m0/s1. The van der Waals surface area contributed by atoms with Crippen molar-refractivity contribution in [3.63, 3.8) is 0 Å². The van der Waals surface area contributed by atoms with Gasteiger partial charge < -0.3 is 30.2 Å². The first-order valence-corrected chi connectivity index (χ1v) is 10.1. The van der Waals surface area contributed by atoms with Crippen LogP contribution in [0.2, 0.25) is 0 Å². The molecule has 0 saturated heterocycles. The smallest absolute Gasteiger partial charge is 0.407 e. The van der Waals surface area contributed by atoms with Crippen LogP contribution in [0.5, 0.6) is 0 Å². The summed E-state index contributed by atoms with van der Waals surface area (Å²) in [6, 6.07) is 8.60. The van der Waals surface area contributed by atoms with Crippen LogP contribution in [0.25, 0.3) is 0 Å². The zero-order valence-corrected chi connectivity index (χ0v) is 18.4. The molecule has 1 aromatic rings. The van der Waals surface area contributed by atoms with Crippen LogP contribution in [0.1, 0.15) is 45.6 Å². The average molecular weight is 419 g/mol. The summed E-state index contributed by atoms with van der Waals surface area (Å²) in [6.45, 7) is 5.90. The van der Waals surface area contributed by atoms with E-state index in [0.29, 0.717) is 12.8 Å². The molecule has 8 heteroatoms. The predicted molar refractivity (Wildman–Crippen MR) is 110 cm³/mol. The molecule has 0 bridgehead atoms. The Labute approximate surface area is 178 Å². The molecule has 0 spiro atoms. The highest BCUT2D eigenvalue weighted by Gasteiger charge is 2.53. The van der Waals surface area contributed by atoms with Gasteiger partial charge in [-0.2, -0.15) is 0 Å². The third-order valence-electron chi connectivity index (χ3n) is 5.96. The molecule has 166 valence electrons. The Kier molecular flexibility index (Phi) is 7.34. The highest BCUT2D eigenvalue weighted by atomic mass is 16.5. The third-order valence-corrected chi connectivity index (χ3v) is 5.96. The van der Waals surface area contributed by atoms with Crippen LogP contribution in [0.3, 0.4) is 0 Å². The highest BCUT2D eigenvalue weighted by molar-refractivity contribution is 5.79. The van der Waals surface area contributed by atoms with Crippen LogP contribution in [0.15, 0.2) is 30.3 Å². The first-order valence-electron chi connectivity index (χ1n) is 10.1. The second kappa shape index (κ2) is 9.36. The molecule has 0 unspecified atom stereocenters. The maximum atomic E-state index is 12.7. The number of carbonyl (C=O) groups excluding carboxylic acids is 3. The topological polar surface area (TPSA) is 111 Å². The Morgan fingerprint density at radius 1 is 1.20 bits per heavy atom. The number of alkyl carbamates (subject to hydrolysis) is 1. The van der Waals surface area contributed by atoms with Crippen LogP contribution in [0, 0.1) is 11.3 Å². The van der Waals surface area contributed by atoms with E-state index < -0.39 is 29.2 Å². The molecule has 3 amide bonds. The van der Waals surface area contributed by atoms with Gasteiger partial charge in [-0.3, -0.25) is 4.79 Å². The number of carboxylic acid groups (broad SMARTS) is 1. The van der Waals surface area contributed by atoms with E-state index in [1.165, 1.54) is 4.90 Å². The summed E-state index contributed by atoms with van der Waals surface area (Å²) in [5.74, 6) is -0.399. The SMILES string of the molecule is CN(C)C(=O)[C@H]1CC[C@](NC(=O)OCc2ccccc2)(C(C)(C)C)[C@H](NC(=O)[O-])C1. The average Bonchev–Trinajstić information content (AvgIpc) is 2.66. The summed E-state index contributed by atoms with van der Waals surface area (Å²) < 4.78 is 5.40. The molecule has 8 nitrogen and oxygen atoms in total. The van der Waals surface area contributed by atoms with Gasteiger partial charge in [0.05, 0.1) is 11.6 Å². The van der Waals surface area contributed by atoms with Crippen LogP contribution in [-0.2, 0) is 16.1 Å². The van der Waals surface area contributed by atoms with Crippen molar-refractivity contribution in [1.82, 2.24) is 15.5 Å². The van der Waals surface area contributed by atoms with Crippen molar-refractivity contribution < 1.29 is 24.2 Å². The molecular weight excluding hydrogens is 386 g/mol. The van der Waals surface area contributed by atoms with Crippen molar-refractivity contribution in [2.24, 2.45) is 11.3 Å². The Balaban J connectivity index is 2.24. The van der Waals surface area contributed by atoms with Crippen molar-refractivity contribution in [2.45, 2.75) is 58.2 Å². The molecule has 0 aliphatic heterocycles. The number of hydrogen-bond acceptors (Lipinski definition) is 5. The van der Waals surface area contributed by atoms with Gasteiger partial charge in [-0.15, -0.1) is 0 Å².